The largest absolute Gasteiger partial charge is 0.364 e. The molecular formula is C8H18N2O2. The average molecular weight is 174 g/mol. The molecule has 0 amide bonds. The van der Waals surface area contributed by atoms with Gasteiger partial charge in [0.05, 0.1) is 0 Å². The molecule has 0 aliphatic carbocycles. The van der Waals surface area contributed by atoms with Crippen molar-refractivity contribution >= 4 is 0 Å². The minimum atomic E-state index is 0.0463. The Morgan fingerprint density at radius 3 is 2.08 bits per heavy atom. The second kappa shape index (κ2) is 5.48. The van der Waals surface area contributed by atoms with Gasteiger partial charge >= 0.3 is 0 Å². The van der Waals surface area contributed by atoms with Crippen molar-refractivity contribution in [3.63, 3.8) is 0 Å². The molecule has 4 heteroatoms. The van der Waals surface area contributed by atoms with Crippen LogP contribution >= 0.6 is 0 Å². The lowest BCUT2D eigenvalue weighted by atomic mass is 10.3. The Morgan fingerprint density at radius 1 is 1.25 bits per heavy atom. The van der Waals surface area contributed by atoms with Crippen molar-refractivity contribution < 1.29 is 9.94 Å². The minimum absolute atomic E-state index is 0.0463. The Balaban J connectivity index is 0.000000120. The van der Waals surface area contributed by atoms with Crippen LogP contribution in [0.25, 0.3) is 0 Å². The molecule has 1 unspecified atom stereocenters. The van der Waals surface area contributed by atoms with Crippen molar-refractivity contribution in [3.8, 4) is 0 Å². The predicted molar refractivity (Wildman–Crippen MR) is 45.8 cm³/mol. The molecule has 4 nitrogen and oxygen atoms in total. The molecule has 12 heavy (non-hydrogen) atoms. The summed E-state index contributed by atoms with van der Waals surface area (Å²) >= 11 is 0. The van der Waals surface area contributed by atoms with E-state index in [-0.39, 0.29) is 6.23 Å². The summed E-state index contributed by atoms with van der Waals surface area (Å²) in [5.74, 6) is 0. The average Bonchev–Trinajstić information content (AvgIpc) is 2.63. The fraction of sp³-hybridized carbons (Fsp3) is 1.00. The van der Waals surface area contributed by atoms with Gasteiger partial charge in [-0.05, 0) is 25.7 Å². The standard InChI is InChI=1S/2C4H9NO/c5-4-2-1-3-6-4;6-5-3-1-2-4-5/h4H,1-3,5H2;6H,1-4H2. The first-order valence-electron chi connectivity index (χ1n) is 4.60. The SMILES string of the molecule is NC1CCCO1.ON1CCCC1. The number of hydrogen-bond acceptors (Lipinski definition) is 4. The van der Waals surface area contributed by atoms with E-state index >= 15 is 0 Å². The van der Waals surface area contributed by atoms with E-state index in [4.69, 9.17) is 15.7 Å². The fourth-order valence-electron chi connectivity index (χ4n) is 1.30. The number of nitrogens with zero attached hydrogens (tertiary/aromatic N) is 1. The molecule has 0 spiro atoms. The van der Waals surface area contributed by atoms with Crippen LogP contribution in [-0.2, 0) is 4.74 Å². The molecule has 0 aromatic carbocycles. The van der Waals surface area contributed by atoms with Gasteiger partial charge < -0.3 is 15.7 Å². The first-order chi connectivity index (χ1) is 5.79. The third-order valence-electron chi connectivity index (χ3n) is 2.05. The van der Waals surface area contributed by atoms with Gasteiger partial charge in [-0.2, -0.15) is 5.06 Å². The summed E-state index contributed by atoms with van der Waals surface area (Å²) in [6.07, 6.45) is 4.55. The highest BCUT2D eigenvalue weighted by atomic mass is 16.5. The van der Waals surface area contributed by atoms with E-state index in [1.165, 1.54) is 5.06 Å². The molecule has 0 radical (unpaired) electrons. The summed E-state index contributed by atoms with van der Waals surface area (Å²) in [5.41, 5.74) is 5.31. The molecule has 0 aromatic heterocycles. The summed E-state index contributed by atoms with van der Waals surface area (Å²) in [6.45, 7) is 2.61. The van der Waals surface area contributed by atoms with Crippen LogP contribution < -0.4 is 5.73 Å². The number of ether oxygens (including phenoxy) is 1. The molecule has 0 saturated carbocycles. The maximum absolute atomic E-state index is 8.56. The minimum Gasteiger partial charge on any atom is -0.364 e. The van der Waals surface area contributed by atoms with Crippen molar-refractivity contribution in [2.24, 2.45) is 5.73 Å². The van der Waals surface area contributed by atoms with Crippen molar-refractivity contribution in [1.82, 2.24) is 5.06 Å². The highest BCUT2D eigenvalue weighted by Gasteiger charge is 2.07. The Labute approximate surface area is 73.2 Å². The molecule has 2 saturated heterocycles. The zero-order valence-electron chi connectivity index (χ0n) is 7.41. The van der Waals surface area contributed by atoms with Crippen LogP contribution in [0.1, 0.15) is 25.7 Å². The molecule has 2 fully saturated rings. The molecule has 0 aromatic rings. The molecule has 2 rings (SSSR count). The van der Waals surface area contributed by atoms with E-state index < -0.39 is 0 Å². The van der Waals surface area contributed by atoms with Gasteiger partial charge in [0.2, 0.25) is 0 Å². The number of nitrogens with two attached hydrogens (primary N) is 1. The Bertz CT molecular complexity index is 95.6. The smallest absolute Gasteiger partial charge is 0.105 e. The summed E-state index contributed by atoms with van der Waals surface area (Å²) in [5, 5.41) is 9.92. The van der Waals surface area contributed by atoms with Crippen molar-refractivity contribution in [1.29, 1.82) is 0 Å². The van der Waals surface area contributed by atoms with Crippen LogP contribution in [0.4, 0.5) is 0 Å². The zero-order valence-corrected chi connectivity index (χ0v) is 7.41. The Morgan fingerprint density at radius 2 is 1.92 bits per heavy atom. The van der Waals surface area contributed by atoms with Crippen LogP contribution in [0.3, 0.4) is 0 Å². The van der Waals surface area contributed by atoms with Crippen LogP contribution in [0.5, 0.6) is 0 Å². The van der Waals surface area contributed by atoms with E-state index in [0.29, 0.717) is 0 Å². The molecule has 3 N–H and O–H groups in total. The molecule has 2 heterocycles. The summed E-state index contributed by atoms with van der Waals surface area (Å²) in [6, 6.07) is 0. The van der Waals surface area contributed by atoms with Gasteiger partial charge in [-0.25, -0.2) is 0 Å². The van der Waals surface area contributed by atoms with Crippen LogP contribution in [-0.4, -0.2) is 36.2 Å². The maximum atomic E-state index is 8.56. The second-order valence-electron chi connectivity index (χ2n) is 3.21. The van der Waals surface area contributed by atoms with Crippen LogP contribution in [0, 0.1) is 0 Å². The van der Waals surface area contributed by atoms with Gasteiger partial charge in [0, 0.05) is 19.7 Å². The molecule has 1 atom stereocenters. The van der Waals surface area contributed by atoms with Crippen LogP contribution in [0.15, 0.2) is 0 Å². The molecule has 2 aliphatic rings. The molecular weight excluding hydrogens is 156 g/mol. The van der Waals surface area contributed by atoms with Gasteiger partial charge in [-0.3, -0.25) is 0 Å². The van der Waals surface area contributed by atoms with Crippen molar-refractivity contribution in [2.75, 3.05) is 19.7 Å². The van der Waals surface area contributed by atoms with E-state index in [2.05, 4.69) is 0 Å². The third-order valence-corrected chi connectivity index (χ3v) is 2.05. The lowest BCUT2D eigenvalue weighted by molar-refractivity contribution is -0.0678. The first kappa shape index (κ1) is 9.92. The topological polar surface area (TPSA) is 58.7 Å². The van der Waals surface area contributed by atoms with E-state index in [0.717, 1.165) is 45.4 Å². The van der Waals surface area contributed by atoms with Gasteiger partial charge in [0.25, 0.3) is 0 Å². The van der Waals surface area contributed by atoms with Crippen molar-refractivity contribution in [2.45, 2.75) is 31.9 Å². The maximum Gasteiger partial charge on any atom is 0.105 e. The van der Waals surface area contributed by atoms with Crippen LogP contribution in [0.2, 0.25) is 0 Å². The highest BCUT2D eigenvalue weighted by molar-refractivity contribution is 4.55. The molecule has 2 aliphatic heterocycles. The van der Waals surface area contributed by atoms with Gasteiger partial charge in [0.1, 0.15) is 6.23 Å². The lowest BCUT2D eigenvalue weighted by Crippen LogP contribution is -2.16. The second-order valence-corrected chi connectivity index (χ2v) is 3.21. The summed E-state index contributed by atoms with van der Waals surface area (Å²) in [7, 11) is 0. The molecule has 72 valence electrons. The van der Waals surface area contributed by atoms with Gasteiger partial charge in [-0.15, -0.1) is 0 Å². The Kier molecular flexibility index (Phi) is 4.53. The van der Waals surface area contributed by atoms with Gasteiger partial charge in [-0.1, -0.05) is 0 Å². The predicted octanol–water partition coefficient (Wildman–Crippen LogP) is 0.553. The Hall–Kier alpha value is -0.160. The summed E-state index contributed by atoms with van der Waals surface area (Å²) in [4.78, 5) is 0. The van der Waals surface area contributed by atoms with E-state index in [9.17, 15) is 0 Å². The number of hydroxylamine groups is 2. The fourth-order valence-corrected chi connectivity index (χ4v) is 1.30. The number of rotatable bonds is 0. The summed E-state index contributed by atoms with van der Waals surface area (Å²) < 4.78 is 4.93. The molecule has 0 bridgehead atoms. The van der Waals surface area contributed by atoms with E-state index in [1.54, 1.807) is 0 Å². The van der Waals surface area contributed by atoms with Crippen molar-refractivity contribution in [3.05, 3.63) is 0 Å². The highest BCUT2D eigenvalue weighted by Crippen LogP contribution is 2.04. The first-order valence-corrected chi connectivity index (χ1v) is 4.60. The normalized spacial score (nSPS) is 30.0. The zero-order chi connectivity index (χ0) is 8.81. The lowest BCUT2D eigenvalue weighted by Gasteiger charge is -1.99. The van der Waals surface area contributed by atoms with E-state index in [1.807, 2.05) is 0 Å². The monoisotopic (exact) mass is 174 g/mol. The quantitative estimate of drug-likeness (QED) is 0.563. The third kappa shape index (κ3) is 4.01. The number of hydrogen-bond donors (Lipinski definition) is 2. The van der Waals surface area contributed by atoms with Gasteiger partial charge in [0.15, 0.2) is 0 Å².